The molecule has 1 atom stereocenters. The van der Waals surface area contributed by atoms with Gasteiger partial charge in [-0.15, -0.1) is 0 Å². The van der Waals surface area contributed by atoms with E-state index in [0.29, 0.717) is 17.1 Å². The lowest BCUT2D eigenvalue weighted by Crippen LogP contribution is -2.43. The summed E-state index contributed by atoms with van der Waals surface area (Å²) in [6, 6.07) is 3.66. The number of nitrogens with one attached hydrogen (secondary N) is 2. The van der Waals surface area contributed by atoms with Gasteiger partial charge in [-0.25, -0.2) is 9.59 Å². The van der Waals surface area contributed by atoms with Crippen LogP contribution in [0.1, 0.15) is 25.8 Å². The number of hydrogen-bond donors (Lipinski definition) is 3. The minimum Gasteiger partial charge on any atom is -0.480 e. The number of rotatable bonds is 5. The van der Waals surface area contributed by atoms with Crippen LogP contribution in [0.4, 0.5) is 10.5 Å². The van der Waals surface area contributed by atoms with E-state index in [2.05, 4.69) is 10.6 Å². The molecule has 0 saturated carbocycles. The van der Waals surface area contributed by atoms with E-state index in [4.69, 9.17) is 16.7 Å². The van der Waals surface area contributed by atoms with Crippen molar-refractivity contribution in [3.05, 3.63) is 28.8 Å². The molecule has 0 spiro atoms. The number of aliphatic carboxylic acids is 1. The van der Waals surface area contributed by atoms with Gasteiger partial charge in [-0.2, -0.15) is 0 Å². The third-order valence-electron chi connectivity index (χ3n) is 2.76. The Kier molecular flexibility index (Phi) is 5.82. The zero-order valence-electron chi connectivity index (χ0n) is 11.7. The first-order chi connectivity index (χ1) is 9.29. The third-order valence-corrected chi connectivity index (χ3v) is 2.99. The summed E-state index contributed by atoms with van der Waals surface area (Å²) in [7, 11) is 0. The number of anilines is 1. The molecule has 3 N–H and O–H groups in total. The van der Waals surface area contributed by atoms with E-state index >= 15 is 0 Å². The van der Waals surface area contributed by atoms with Crippen LogP contribution in [0.25, 0.3) is 0 Å². The maximum absolute atomic E-state index is 11.8. The molecule has 0 aliphatic rings. The van der Waals surface area contributed by atoms with Gasteiger partial charge in [0.05, 0.1) is 0 Å². The Bertz CT molecular complexity index is 503. The monoisotopic (exact) mass is 298 g/mol. The molecule has 0 fully saturated rings. The molecule has 1 aromatic rings. The van der Waals surface area contributed by atoms with E-state index in [-0.39, 0.29) is 5.92 Å². The van der Waals surface area contributed by atoms with Gasteiger partial charge in [-0.1, -0.05) is 31.5 Å². The molecule has 0 unspecified atom stereocenters. The second-order valence-electron chi connectivity index (χ2n) is 5.08. The molecular weight excluding hydrogens is 280 g/mol. The lowest BCUT2D eigenvalue weighted by molar-refractivity contribution is -0.139. The van der Waals surface area contributed by atoms with E-state index in [9.17, 15) is 9.59 Å². The average Bonchev–Trinajstić information content (AvgIpc) is 2.32. The summed E-state index contributed by atoms with van der Waals surface area (Å²) in [6.07, 6.45) is 0.372. The summed E-state index contributed by atoms with van der Waals surface area (Å²) in [5.41, 5.74) is 1.41. The molecule has 2 amide bonds. The lowest BCUT2D eigenvalue weighted by atomic mass is 10.0. The molecule has 0 radical (unpaired) electrons. The Morgan fingerprint density at radius 2 is 2.00 bits per heavy atom. The predicted octanol–water partition coefficient (Wildman–Crippen LogP) is 3.27. The molecule has 6 heteroatoms. The van der Waals surface area contributed by atoms with Crippen LogP contribution in [0.2, 0.25) is 5.02 Å². The number of amides is 2. The fourth-order valence-corrected chi connectivity index (χ4v) is 1.91. The van der Waals surface area contributed by atoms with E-state index in [1.165, 1.54) is 0 Å². The largest absolute Gasteiger partial charge is 0.480 e. The minimum atomic E-state index is -1.04. The summed E-state index contributed by atoms with van der Waals surface area (Å²) in [5.74, 6) is -0.874. The van der Waals surface area contributed by atoms with E-state index in [0.717, 1.165) is 5.56 Å². The molecule has 110 valence electrons. The highest BCUT2D eigenvalue weighted by Crippen LogP contribution is 2.20. The van der Waals surface area contributed by atoms with E-state index in [1.54, 1.807) is 18.2 Å². The van der Waals surface area contributed by atoms with Crippen LogP contribution in [-0.4, -0.2) is 23.1 Å². The SMILES string of the molecule is Cc1ccc(Cl)cc1NC(=O)N[C@@H](CC(C)C)C(=O)O. The van der Waals surface area contributed by atoms with Crippen LogP contribution in [0.5, 0.6) is 0 Å². The number of aryl methyl sites for hydroxylation is 1. The molecule has 0 saturated heterocycles. The highest BCUT2D eigenvalue weighted by molar-refractivity contribution is 6.31. The second kappa shape index (κ2) is 7.14. The summed E-state index contributed by atoms with van der Waals surface area (Å²) >= 11 is 5.86. The Hall–Kier alpha value is -1.75. The fourth-order valence-electron chi connectivity index (χ4n) is 1.74. The Balaban J connectivity index is 2.70. The zero-order chi connectivity index (χ0) is 15.3. The highest BCUT2D eigenvalue weighted by Gasteiger charge is 2.21. The molecule has 0 bridgehead atoms. The van der Waals surface area contributed by atoms with Gasteiger partial charge < -0.3 is 15.7 Å². The molecule has 0 aliphatic carbocycles. The van der Waals surface area contributed by atoms with Gasteiger partial charge in [-0.05, 0) is 37.0 Å². The maximum atomic E-state index is 11.8. The number of carbonyl (C=O) groups excluding carboxylic acids is 1. The van der Waals surface area contributed by atoms with E-state index < -0.39 is 18.0 Å². The van der Waals surface area contributed by atoms with Crippen molar-refractivity contribution in [2.24, 2.45) is 5.92 Å². The molecule has 1 aromatic carbocycles. The molecule has 20 heavy (non-hydrogen) atoms. The number of carbonyl (C=O) groups is 2. The molecule has 1 rings (SSSR count). The number of carboxylic acid groups (broad SMARTS) is 1. The second-order valence-corrected chi connectivity index (χ2v) is 5.51. The van der Waals surface area contributed by atoms with Gasteiger partial charge in [0.2, 0.25) is 0 Å². The number of halogens is 1. The predicted molar refractivity (Wildman–Crippen MR) is 79.2 cm³/mol. The van der Waals surface area contributed by atoms with Crippen LogP contribution < -0.4 is 10.6 Å². The van der Waals surface area contributed by atoms with Gasteiger partial charge in [0.1, 0.15) is 6.04 Å². The smallest absolute Gasteiger partial charge is 0.326 e. The van der Waals surface area contributed by atoms with Crippen molar-refractivity contribution in [3.8, 4) is 0 Å². The van der Waals surface area contributed by atoms with Crippen molar-refractivity contribution in [3.63, 3.8) is 0 Å². The summed E-state index contributed by atoms with van der Waals surface area (Å²) in [5, 5.41) is 14.6. The van der Waals surface area contributed by atoms with Crippen molar-refractivity contribution in [1.29, 1.82) is 0 Å². The maximum Gasteiger partial charge on any atom is 0.326 e. The topological polar surface area (TPSA) is 78.4 Å². The van der Waals surface area contributed by atoms with Gasteiger partial charge in [0, 0.05) is 10.7 Å². The average molecular weight is 299 g/mol. The van der Waals surface area contributed by atoms with Crippen LogP contribution in [0.3, 0.4) is 0 Å². The molecule has 0 heterocycles. The molecule has 0 aliphatic heterocycles. The van der Waals surface area contributed by atoms with Crippen LogP contribution in [0, 0.1) is 12.8 Å². The van der Waals surface area contributed by atoms with Crippen molar-refractivity contribution < 1.29 is 14.7 Å². The van der Waals surface area contributed by atoms with Crippen LogP contribution in [-0.2, 0) is 4.79 Å². The Morgan fingerprint density at radius 3 is 2.55 bits per heavy atom. The number of hydrogen-bond acceptors (Lipinski definition) is 2. The van der Waals surface area contributed by atoms with Crippen LogP contribution in [0.15, 0.2) is 18.2 Å². The first-order valence-electron chi connectivity index (χ1n) is 6.36. The van der Waals surface area contributed by atoms with E-state index in [1.807, 2.05) is 20.8 Å². The number of benzene rings is 1. The summed E-state index contributed by atoms with van der Waals surface area (Å²) in [6.45, 7) is 5.63. The van der Waals surface area contributed by atoms with Crippen molar-refractivity contribution in [1.82, 2.24) is 5.32 Å². The van der Waals surface area contributed by atoms with Gasteiger partial charge in [-0.3, -0.25) is 0 Å². The van der Waals surface area contributed by atoms with Gasteiger partial charge in [0.25, 0.3) is 0 Å². The van der Waals surface area contributed by atoms with Gasteiger partial charge >= 0.3 is 12.0 Å². The van der Waals surface area contributed by atoms with Crippen molar-refractivity contribution >= 4 is 29.3 Å². The highest BCUT2D eigenvalue weighted by atomic mass is 35.5. The first kappa shape index (κ1) is 16.3. The quantitative estimate of drug-likeness (QED) is 0.780. The minimum absolute atomic E-state index is 0.171. The summed E-state index contributed by atoms with van der Waals surface area (Å²) in [4.78, 5) is 22.9. The zero-order valence-corrected chi connectivity index (χ0v) is 12.5. The Labute approximate surface area is 123 Å². The lowest BCUT2D eigenvalue weighted by Gasteiger charge is -2.17. The Morgan fingerprint density at radius 1 is 1.35 bits per heavy atom. The fraction of sp³-hybridized carbons (Fsp3) is 0.429. The number of carboxylic acids is 1. The van der Waals surface area contributed by atoms with Crippen LogP contribution >= 0.6 is 11.6 Å². The van der Waals surface area contributed by atoms with Gasteiger partial charge in [0.15, 0.2) is 0 Å². The van der Waals surface area contributed by atoms with Crippen molar-refractivity contribution in [2.75, 3.05) is 5.32 Å². The first-order valence-corrected chi connectivity index (χ1v) is 6.74. The molecule has 5 nitrogen and oxygen atoms in total. The normalized spacial score (nSPS) is 12.1. The summed E-state index contributed by atoms with van der Waals surface area (Å²) < 4.78 is 0. The molecular formula is C14H19ClN2O3. The third kappa shape index (κ3) is 5.09. The van der Waals surface area contributed by atoms with Crippen molar-refractivity contribution in [2.45, 2.75) is 33.2 Å². The number of urea groups is 1. The molecule has 0 aromatic heterocycles. The standard InChI is InChI=1S/C14H19ClN2O3/c1-8(2)6-12(13(18)19)17-14(20)16-11-7-10(15)5-4-9(11)3/h4-5,7-8,12H,6H2,1-3H3,(H,18,19)(H2,16,17,20)/t12-/m0/s1.